The van der Waals surface area contributed by atoms with Crippen molar-refractivity contribution in [3.8, 4) is 11.5 Å². The van der Waals surface area contributed by atoms with Crippen LogP contribution in [0, 0.1) is 5.41 Å². The van der Waals surface area contributed by atoms with E-state index in [1.807, 2.05) is 24.1 Å². The second-order valence-corrected chi connectivity index (χ2v) is 6.57. The van der Waals surface area contributed by atoms with Crippen molar-refractivity contribution < 1.29 is 0 Å². The van der Waals surface area contributed by atoms with E-state index >= 15 is 0 Å². The highest BCUT2D eigenvalue weighted by molar-refractivity contribution is 7.07. The van der Waals surface area contributed by atoms with E-state index in [0.717, 1.165) is 30.1 Å². The van der Waals surface area contributed by atoms with E-state index < -0.39 is 0 Å². The summed E-state index contributed by atoms with van der Waals surface area (Å²) in [6, 6.07) is 0.350. The fourth-order valence-corrected chi connectivity index (χ4v) is 3.28. The fourth-order valence-electron chi connectivity index (χ4n) is 2.75. The molecule has 0 radical (unpaired) electrons. The lowest BCUT2D eigenvalue weighted by Crippen LogP contribution is -2.32. The van der Waals surface area contributed by atoms with Gasteiger partial charge in [-0.1, -0.05) is 13.8 Å². The summed E-state index contributed by atoms with van der Waals surface area (Å²) in [5, 5.41) is 5.37. The molecular formula is C14H18N4S. The maximum Gasteiger partial charge on any atom is 0.179 e. The Morgan fingerprint density at radius 3 is 2.89 bits per heavy atom. The van der Waals surface area contributed by atoms with Gasteiger partial charge < -0.3 is 5.32 Å². The van der Waals surface area contributed by atoms with Crippen molar-refractivity contribution in [1.29, 1.82) is 0 Å². The summed E-state index contributed by atoms with van der Waals surface area (Å²) in [5.74, 6) is 0.743. The maximum absolute atomic E-state index is 4.74. The molecule has 0 amide bonds. The van der Waals surface area contributed by atoms with Gasteiger partial charge in [0.2, 0.25) is 0 Å². The van der Waals surface area contributed by atoms with Gasteiger partial charge in [0.1, 0.15) is 5.69 Å². The Kier molecular flexibility index (Phi) is 3.11. The van der Waals surface area contributed by atoms with Gasteiger partial charge in [0, 0.05) is 28.9 Å². The summed E-state index contributed by atoms with van der Waals surface area (Å²) in [6.07, 6.45) is 4.09. The lowest BCUT2D eigenvalue weighted by Gasteiger charge is -2.36. The van der Waals surface area contributed by atoms with Gasteiger partial charge in [-0.15, -0.1) is 11.3 Å². The van der Waals surface area contributed by atoms with Crippen LogP contribution in [0.1, 0.15) is 37.6 Å². The van der Waals surface area contributed by atoms with Crippen molar-refractivity contribution in [3.05, 3.63) is 28.3 Å². The van der Waals surface area contributed by atoms with Crippen LogP contribution in [0.3, 0.4) is 0 Å². The molecule has 0 bridgehead atoms. The Hall–Kier alpha value is -1.33. The standard InChI is InChI=1S/C14H18N4S/c1-14(2)4-10(15-3)9-6-16-13(18-11(9)5-14)12-7-19-8-17-12/h6-8,10,15H,4-5H2,1-3H3. The van der Waals surface area contributed by atoms with Crippen LogP contribution in [0.2, 0.25) is 0 Å². The number of rotatable bonds is 2. The third-order valence-electron chi connectivity index (χ3n) is 3.69. The first-order valence-electron chi connectivity index (χ1n) is 6.51. The van der Waals surface area contributed by atoms with E-state index in [2.05, 4.69) is 29.1 Å². The Bertz CT molecular complexity index is 577. The van der Waals surface area contributed by atoms with E-state index in [-0.39, 0.29) is 5.41 Å². The van der Waals surface area contributed by atoms with Crippen molar-refractivity contribution in [3.63, 3.8) is 0 Å². The molecule has 2 aromatic rings. The fraction of sp³-hybridized carbons (Fsp3) is 0.500. The number of thiazole rings is 1. The first-order chi connectivity index (χ1) is 9.09. The predicted octanol–water partition coefficient (Wildman–Crippen LogP) is 2.83. The molecule has 1 N–H and O–H groups in total. The summed E-state index contributed by atoms with van der Waals surface area (Å²) in [7, 11) is 2.00. The topological polar surface area (TPSA) is 50.7 Å². The third-order valence-corrected chi connectivity index (χ3v) is 4.27. The molecule has 0 spiro atoms. The van der Waals surface area contributed by atoms with Crippen LogP contribution in [-0.2, 0) is 6.42 Å². The molecule has 1 atom stereocenters. The summed E-state index contributed by atoms with van der Waals surface area (Å²) >= 11 is 1.57. The first-order valence-corrected chi connectivity index (χ1v) is 7.45. The van der Waals surface area contributed by atoms with E-state index in [1.54, 1.807) is 11.3 Å². The lowest BCUT2D eigenvalue weighted by molar-refractivity contribution is 0.260. The molecule has 2 heterocycles. The van der Waals surface area contributed by atoms with E-state index in [0.29, 0.717) is 6.04 Å². The molecule has 3 rings (SSSR count). The first kappa shape index (κ1) is 12.7. The van der Waals surface area contributed by atoms with Gasteiger partial charge in [-0.2, -0.15) is 0 Å². The quantitative estimate of drug-likeness (QED) is 0.915. The van der Waals surface area contributed by atoms with Crippen LogP contribution in [0.5, 0.6) is 0 Å². The minimum atomic E-state index is 0.272. The van der Waals surface area contributed by atoms with Crippen LogP contribution in [-0.4, -0.2) is 22.0 Å². The summed E-state index contributed by atoms with van der Waals surface area (Å²) in [5.41, 5.74) is 5.36. The number of hydrogen-bond donors (Lipinski definition) is 1. The van der Waals surface area contributed by atoms with E-state index in [1.165, 1.54) is 5.56 Å². The van der Waals surface area contributed by atoms with Gasteiger partial charge >= 0.3 is 0 Å². The molecule has 0 saturated carbocycles. The molecule has 1 aliphatic rings. The second kappa shape index (κ2) is 4.65. The van der Waals surface area contributed by atoms with Crippen molar-refractivity contribution in [2.75, 3.05) is 7.05 Å². The Labute approximate surface area is 117 Å². The van der Waals surface area contributed by atoms with Gasteiger partial charge in [0.25, 0.3) is 0 Å². The number of hydrogen-bond acceptors (Lipinski definition) is 5. The van der Waals surface area contributed by atoms with Crippen molar-refractivity contribution >= 4 is 11.3 Å². The highest BCUT2D eigenvalue weighted by Gasteiger charge is 2.32. The maximum atomic E-state index is 4.74. The number of aromatic nitrogens is 3. The van der Waals surface area contributed by atoms with Crippen molar-refractivity contribution in [2.24, 2.45) is 5.41 Å². The van der Waals surface area contributed by atoms with Gasteiger partial charge in [-0.25, -0.2) is 15.0 Å². The Morgan fingerprint density at radius 1 is 1.37 bits per heavy atom. The zero-order valence-electron chi connectivity index (χ0n) is 11.5. The molecule has 4 nitrogen and oxygen atoms in total. The van der Waals surface area contributed by atoms with Crippen LogP contribution in [0.15, 0.2) is 17.1 Å². The minimum Gasteiger partial charge on any atom is -0.313 e. The Balaban J connectivity index is 2.04. The van der Waals surface area contributed by atoms with Crippen LogP contribution < -0.4 is 5.32 Å². The summed E-state index contributed by atoms with van der Waals surface area (Å²) in [6.45, 7) is 4.59. The summed E-state index contributed by atoms with van der Waals surface area (Å²) < 4.78 is 0. The largest absolute Gasteiger partial charge is 0.313 e. The average Bonchev–Trinajstić information content (AvgIpc) is 2.89. The van der Waals surface area contributed by atoms with Crippen LogP contribution in [0.25, 0.3) is 11.5 Å². The molecule has 0 saturated heterocycles. The number of nitrogens with zero attached hydrogens (tertiary/aromatic N) is 3. The van der Waals surface area contributed by atoms with E-state index in [9.17, 15) is 0 Å². The second-order valence-electron chi connectivity index (χ2n) is 5.86. The SMILES string of the molecule is CNC1CC(C)(C)Cc2nc(-c3cscn3)ncc21. The highest BCUT2D eigenvalue weighted by atomic mass is 32.1. The normalized spacial score (nSPS) is 21.1. The molecular weight excluding hydrogens is 256 g/mol. The molecule has 19 heavy (non-hydrogen) atoms. The molecule has 1 aliphatic carbocycles. The molecule has 5 heteroatoms. The lowest BCUT2D eigenvalue weighted by atomic mass is 9.74. The van der Waals surface area contributed by atoms with Gasteiger partial charge in [-0.05, 0) is 25.3 Å². The smallest absolute Gasteiger partial charge is 0.179 e. The zero-order valence-corrected chi connectivity index (χ0v) is 12.3. The molecule has 0 fully saturated rings. The van der Waals surface area contributed by atoms with Gasteiger partial charge in [0.05, 0.1) is 5.51 Å². The third kappa shape index (κ3) is 2.40. The molecule has 1 unspecified atom stereocenters. The zero-order chi connectivity index (χ0) is 13.5. The van der Waals surface area contributed by atoms with Gasteiger partial charge in [0.15, 0.2) is 5.82 Å². The molecule has 2 aromatic heterocycles. The summed E-state index contributed by atoms with van der Waals surface area (Å²) in [4.78, 5) is 13.5. The van der Waals surface area contributed by atoms with Crippen LogP contribution >= 0.6 is 11.3 Å². The number of fused-ring (bicyclic) bond motifs is 1. The number of nitrogens with one attached hydrogen (secondary N) is 1. The molecule has 0 aliphatic heterocycles. The Morgan fingerprint density at radius 2 is 2.21 bits per heavy atom. The van der Waals surface area contributed by atoms with Crippen LogP contribution in [0.4, 0.5) is 0 Å². The minimum absolute atomic E-state index is 0.272. The monoisotopic (exact) mass is 274 g/mol. The molecule has 100 valence electrons. The average molecular weight is 274 g/mol. The highest BCUT2D eigenvalue weighted by Crippen LogP contribution is 2.39. The van der Waals surface area contributed by atoms with Crippen molar-refractivity contribution in [1.82, 2.24) is 20.3 Å². The predicted molar refractivity (Wildman–Crippen MR) is 77.0 cm³/mol. The van der Waals surface area contributed by atoms with Gasteiger partial charge in [-0.3, -0.25) is 0 Å². The molecule has 0 aromatic carbocycles. The van der Waals surface area contributed by atoms with E-state index in [4.69, 9.17) is 4.98 Å². The van der Waals surface area contributed by atoms with Crippen molar-refractivity contribution in [2.45, 2.75) is 32.7 Å².